The van der Waals surface area contributed by atoms with E-state index < -0.39 is 10.8 Å². The lowest BCUT2D eigenvalue weighted by atomic mass is 10.1. The van der Waals surface area contributed by atoms with Gasteiger partial charge < -0.3 is 10.3 Å². The summed E-state index contributed by atoms with van der Waals surface area (Å²) >= 11 is 5.96. The lowest BCUT2D eigenvalue weighted by molar-refractivity contribution is -0.384. The summed E-state index contributed by atoms with van der Waals surface area (Å²) in [7, 11) is 0. The highest BCUT2D eigenvalue weighted by Crippen LogP contribution is 2.27. The molecule has 3 rings (SSSR count). The maximum atomic E-state index is 12.4. The van der Waals surface area contributed by atoms with Gasteiger partial charge in [0.05, 0.1) is 15.6 Å². The molecular formula is C18H11ClN4O3. The molecule has 3 aromatic rings. The first-order chi connectivity index (χ1) is 12.5. The highest BCUT2D eigenvalue weighted by Gasteiger charge is 2.15. The molecule has 1 heterocycles. The maximum Gasteiger partial charge on any atom is 0.271 e. The van der Waals surface area contributed by atoms with E-state index in [1.54, 1.807) is 6.20 Å². The van der Waals surface area contributed by atoms with Gasteiger partial charge in [-0.1, -0.05) is 29.8 Å². The van der Waals surface area contributed by atoms with Gasteiger partial charge in [0.15, 0.2) is 0 Å². The predicted molar refractivity (Wildman–Crippen MR) is 98.6 cm³/mol. The van der Waals surface area contributed by atoms with Gasteiger partial charge in [0.1, 0.15) is 11.6 Å². The van der Waals surface area contributed by atoms with Crippen molar-refractivity contribution in [3.8, 4) is 6.07 Å². The van der Waals surface area contributed by atoms with E-state index in [1.165, 1.54) is 18.2 Å². The molecule has 0 unspecified atom stereocenters. The smallest absolute Gasteiger partial charge is 0.271 e. The summed E-state index contributed by atoms with van der Waals surface area (Å²) < 4.78 is 0. The van der Waals surface area contributed by atoms with E-state index in [0.29, 0.717) is 5.56 Å². The first-order valence-electron chi connectivity index (χ1n) is 7.43. The number of benzene rings is 2. The number of halogens is 1. The van der Waals surface area contributed by atoms with Gasteiger partial charge in [0.2, 0.25) is 0 Å². The molecule has 1 amide bonds. The number of aromatic amines is 1. The molecule has 2 aromatic carbocycles. The number of nitro groups is 1. The number of nitrogens with one attached hydrogen (secondary N) is 2. The Bertz CT molecular complexity index is 1100. The first-order valence-corrected chi connectivity index (χ1v) is 7.80. The van der Waals surface area contributed by atoms with Gasteiger partial charge in [-0.2, -0.15) is 5.26 Å². The number of hydrogen-bond acceptors (Lipinski definition) is 4. The zero-order valence-electron chi connectivity index (χ0n) is 13.2. The van der Waals surface area contributed by atoms with Crippen molar-refractivity contribution in [2.75, 3.05) is 5.32 Å². The number of nitro benzene ring substituents is 1. The highest BCUT2D eigenvalue weighted by molar-refractivity contribution is 6.34. The van der Waals surface area contributed by atoms with Gasteiger partial charge in [0, 0.05) is 34.8 Å². The van der Waals surface area contributed by atoms with Gasteiger partial charge in [-0.25, -0.2) is 0 Å². The number of aromatic nitrogens is 1. The SMILES string of the molecule is N#C/C(=C\c1c[nH]c2ccccc12)C(=O)Nc1ccc([N+](=O)[O-])cc1Cl. The second-order valence-corrected chi connectivity index (χ2v) is 5.74. The maximum absolute atomic E-state index is 12.4. The summed E-state index contributed by atoms with van der Waals surface area (Å²) in [4.78, 5) is 25.6. The summed E-state index contributed by atoms with van der Waals surface area (Å²) in [6.45, 7) is 0. The van der Waals surface area contributed by atoms with Crippen LogP contribution in [0, 0.1) is 21.4 Å². The molecule has 2 N–H and O–H groups in total. The van der Waals surface area contributed by atoms with Gasteiger partial charge in [0.25, 0.3) is 11.6 Å². The van der Waals surface area contributed by atoms with E-state index in [-0.39, 0.29) is 22.0 Å². The molecule has 0 saturated carbocycles. The number of H-pyrrole nitrogens is 1. The molecule has 0 fully saturated rings. The van der Waals surface area contributed by atoms with E-state index in [1.807, 2.05) is 30.3 Å². The van der Waals surface area contributed by atoms with Crippen molar-refractivity contribution in [3.05, 3.63) is 74.9 Å². The van der Waals surface area contributed by atoms with Crippen molar-refractivity contribution in [2.45, 2.75) is 0 Å². The van der Waals surface area contributed by atoms with Crippen molar-refractivity contribution >= 4 is 45.9 Å². The molecule has 0 aliphatic carbocycles. The van der Waals surface area contributed by atoms with Crippen LogP contribution in [0.15, 0.2) is 54.2 Å². The molecule has 1 aromatic heterocycles. The molecular weight excluding hydrogens is 356 g/mol. The Balaban J connectivity index is 1.88. The van der Waals surface area contributed by atoms with E-state index in [9.17, 15) is 20.2 Å². The number of anilines is 1. The number of para-hydroxylation sites is 1. The summed E-state index contributed by atoms with van der Waals surface area (Å²) in [6, 6.07) is 13.0. The Morgan fingerprint density at radius 3 is 2.77 bits per heavy atom. The van der Waals surface area contributed by atoms with Gasteiger partial charge in [-0.15, -0.1) is 0 Å². The average molecular weight is 367 g/mol. The largest absolute Gasteiger partial charge is 0.361 e. The van der Waals surface area contributed by atoms with Crippen LogP contribution in [0.1, 0.15) is 5.56 Å². The molecule has 26 heavy (non-hydrogen) atoms. The van der Waals surface area contributed by atoms with Crippen LogP contribution in [0.5, 0.6) is 0 Å². The van der Waals surface area contributed by atoms with Crippen LogP contribution in [0.2, 0.25) is 5.02 Å². The summed E-state index contributed by atoms with van der Waals surface area (Å²) in [5.41, 5.74) is 1.45. The third kappa shape index (κ3) is 3.41. The molecule has 0 atom stereocenters. The fourth-order valence-electron chi connectivity index (χ4n) is 2.43. The number of carbonyl (C=O) groups is 1. The number of nitrogens with zero attached hydrogens (tertiary/aromatic N) is 2. The molecule has 0 aliphatic heterocycles. The fraction of sp³-hybridized carbons (Fsp3) is 0. The number of rotatable bonds is 4. The van der Waals surface area contributed by atoms with E-state index >= 15 is 0 Å². The number of fused-ring (bicyclic) bond motifs is 1. The molecule has 128 valence electrons. The summed E-state index contributed by atoms with van der Waals surface area (Å²) in [5, 5.41) is 23.4. The highest BCUT2D eigenvalue weighted by atomic mass is 35.5. The molecule has 0 saturated heterocycles. The van der Waals surface area contributed by atoms with E-state index in [0.717, 1.165) is 17.0 Å². The first kappa shape index (κ1) is 17.2. The lowest BCUT2D eigenvalue weighted by Gasteiger charge is -2.06. The zero-order valence-corrected chi connectivity index (χ0v) is 13.9. The minimum absolute atomic E-state index is 0.0111. The second kappa shape index (κ2) is 7.09. The number of amides is 1. The normalized spacial score (nSPS) is 11.2. The number of hydrogen-bond donors (Lipinski definition) is 2. The van der Waals surface area contributed by atoms with Crippen molar-refractivity contribution in [1.82, 2.24) is 4.98 Å². The molecule has 7 nitrogen and oxygen atoms in total. The van der Waals surface area contributed by atoms with Crippen LogP contribution in [0.3, 0.4) is 0 Å². The summed E-state index contributed by atoms with van der Waals surface area (Å²) in [5.74, 6) is -0.659. The molecule has 0 bridgehead atoms. The minimum Gasteiger partial charge on any atom is -0.361 e. The zero-order chi connectivity index (χ0) is 18.7. The van der Waals surface area contributed by atoms with Crippen molar-refractivity contribution in [2.24, 2.45) is 0 Å². The van der Waals surface area contributed by atoms with Crippen LogP contribution < -0.4 is 5.32 Å². The standard InChI is InChI=1S/C18H11ClN4O3/c19-15-8-13(23(25)26)5-6-17(15)22-18(24)11(9-20)7-12-10-21-16-4-2-1-3-14(12)16/h1-8,10,21H,(H,22,24)/b11-7+. The fourth-order valence-corrected chi connectivity index (χ4v) is 2.65. The number of nitriles is 1. The summed E-state index contributed by atoms with van der Waals surface area (Å²) in [6.07, 6.45) is 3.17. The van der Waals surface area contributed by atoms with Gasteiger partial charge in [-0.3, -0.25) is 14.9 Å². The van der Waals surface area contributed by atoms with Crippen LogP contribution >= 0.6 is 11.6 Å². The predicted octanol–water partition coefficient (Wildman–Crippen LogP) is 4.28. The quantitative estimate of drug-likeness (QED) is 0.310. The monoisotopic (exact) mass is 366 g/mol. The Labute approximate surface area is 152 Å². The third-order valence-electron chi connectivity index (χ3n) is 3.70. The average Bonchev–Trinajstić information content (AvgIpc) is 3.04. The molecule has 0 radical (unpaired) electrons. The second-order valence-electron chi connectivity index (χ2n) is 5.33. The Hall–Kier alpha value is -3.63. The van der Waals surface area contributed by atoms with Crippen molar-refractivity contribution < 1.29 is 9.72 Å². The molecule has 0 aliphatic rings. The Morgan fingerprint density at radius 2 is 2.08 bits per heavy atom. The van der Waals surface area contributed by atoms with Crippen LogP contribution in [-0.2, 0) is 4.79 Å². The van der Waals surface area contributed by atoms with Crippen LogP contribution in [0.25, 0.3) is 17.0 Å². The van der Waals surface area contributed by atoms with Crippen molar-refractivity contribution in [1.29, 1.82) is 5.26 Å². The molecule has 0 spiro atoms. The lowest BCUT2D eigenvalue weighted by Crippen LogP contribution is -2.13. The molecule has 8 heteroatoms. The Kier molecular flexibility index (Phi) is 4.69. The number of carbonyl (C=O) groups excluding carboxylic acids is 1. The van der Waals surface area contributed by atoms with Crippen LogP contribution in [0.4, 0.5) is 11.4 Å². The van der Waals surface area contributed by atoms with E-state index in [4.69, 9.17) is 11.6 Å². The third-order valence-corrected chi connectivity index (χ3v) is 4.01. The number of non-ortho nitro benzene ring substituents is 1. The van der Waals surface area contributed by atoms with E-state index in [2.05, 4.69) is 10.3 Å². The van der Waals surface area contributed by atoms with Gasteiger partial charge in [-0.05, 0) is 18.2 Å². The minimum atomic E-state index is -0.659. The topological polar surface area (TPSA) is 112 Å². The van der Waals surface area contributed by atoms with Crippen LogP contribution in [-0.4, -0.2) is 15.8 Å². The van der Waals surface area contributed by atoms with Crippen molar-refractivity contribution in [3.63, 3.8) is 0 Å². The Morgan fingerprint density at radius 1 is 1.31 bits per heavy atom. The van der Waals surface area contributed by atoms with Gasteiger partial charge >= 0.3 is 0 Å².